The summed E-state index contributed by atoms with van der Waals surface area (Å²) in [7, 11) is 2.83. The Morgan fingerprint density at radius 1 is 1.09 bits per heavy atom. The van der Waals surface area contributed by atoms with Gasteiger partial charge in [-0.05, 0) is 40.1 Å². The van der Waals surface area contributed by atoms with Crippen molar-refractivity contribution >= 4 is 33.6 Å². The molecule has 1 fully saturated rings. The minimum atomic E-state index is -3.04. The molecule has 1 atom stereocenters. The van der Waals surface area contributed by atoms with Crippen LogP contribution in [0.4, 0.5) is 14.7 Å². The molecule has 1 aromatic heterocycles. The van der Waals surface area contributed by atoms with Gasteiger partial charge in [0, 0.05) is 24.5 Å². The maximum atomic E-state index is 14.4. The van der Waals surface area contributed by atoms with Crippen LogP contribution in [0.25, 0.3) is 32.8 Å². The van der Waals surface area contributed by atoms with Gasteiger partial charge in [0.2, 0.25) is 5.95 Å². The van der Waals surface area contributed by atoms with Gasteiger partial charge < -0.3 is 14.4 Å². The maximum absolute atomic E-state index is 14.4. The number of aromatic nitrogens is 2. The fourth-order valence-electron chi connectivity index (χ4n) is 4.55. The van der Waals surface area contributed by atoms with Gasteiger partial charge in [0.1, 0.15) is 5.75 Å². The van der Waals surface area contributed by atoms with Crippen molar-refractivity contribution in [3.63, 3.8) is 0 Å². The molecule has 2 heterocycles. The third kappa shape index (κ3) is 4.11. The summed E-state index contributed by atoms with van der Waals surface area (Å²) >= 11 is 0. The molecule has 174 valence electrons. The topological polar surface area (TPSA) is 64.5 Å². The van der Waals surface area contributed by atoms with Crippen molar-refractivity contribution in [3.05, 3.63) is 60.8 Å². The highest BCUT2D eigenvalue weighted by molar-refractivity contribution is 5.99. The summed E-state index contributed by atoms with van der Waals surface area (Å²) in [6.45, 7) is -0.472. The van der Waals surface area contributed by atoms with E-state index in [2.05, 4.69) is 9.97 Å². The Morgan fingerprint density at radius 3 is 2.71 bits per heavy atom. The van der Waals surface area contributed by atoms with Crippen molar-refractivity contribution in [3.8, 4) is 16.9 Å². The molecule has 1 aliphatic rings. The number of carbonyl (C=O) groups is 1. The van der Waals surface area contributed by atoms with Crippen LogP contribution in [-0.2, 0) is 9.53 Å². The van der Waals surface area contributed by atoms with Crippen LogP contribution >= 0.6 is 0 Å². The molecule has 6 nitrogen and oxygen atoms in total. The van der Waals surface area contributed by atoms with E-state index in [1.54, 1.807) is 13.3 Å². The highest BCUT2D eigenvalue weighted by atomic mass is 19.3. The maximum Gasteiger partial charge on any atom is 0.310 e. The number of rotatable bonds is 4. The summed E-state index contributed by atoms with van der Waals surface area (Å²) in [4.78, 5) is 22.2. The fourth-order valence-corrected chi connectivity index (χ4v) is 4.55. The number of methoxy groups -OCH3 is 2. The van der Waals surface area contributed by atoms with Crippen LogP contribution in [0.15, 0.2) is 60.8 Å². The van der Waals surface area contributed by atoms with Crippen LogP contribution in [0.3, 0.4) is 0 Å². The standard InChI is InChI=1S/C26H23F2N3O3/c1-33-20-9-16-5-3-4-6-21(16)22(11-20)17-7-8-18-13-29-25(30-23(18)10-17)31-14-19(24(32)34-2)12-26(27,28)15-31/h3-11,13,19H,12,14-15H2,1-2H3. The van der Waals surface area contributed by atoms with Crippen LogP contribution < -0.4 is 9.64 Å². The number of ether oxygens (including phenoxy) is 2. The van der Waals surface area contributed by atoms with Gasteiger partial charge >= 0.3 is 5.97 Å². The van der Waals surface area contributed by atoms with Gasteiger partial charge in [0.15, 0.2) is 0 Å². The summed E-state index contributed by atoms with van der Waals surface area (Å²) in [5.74, 6) is -3.74. The number of hydrogen-bond acceptors (Lipinski definition) is 6. The molecule has 1 aliphatic heterocycles. The Labute approximate surface area is 195 Å². The van der Waals surface area contributed by atoms with E-state index in [-0.39, 0.29) is 12.5 Å². The minimum Gasteiger partial charge on any atom is -0.497 e. The van der Waals surface area contributed by atoms with E-state index in [0.29, 0.717) is 5.52 Å². The van der Waals surface area contributed by atoms with Gasteiger partial charge in [-0.3, -0.25) is 4.79 Å². The Balaban J connectivity index is 1.57. The highest BCUT2D eigenvalue weighted by Crippen LogP contribution is 2.36. The van der Waals surface area contributed by atoms with E-state index in [0.717, 1.165) is 33.0 Å². The van der Waals surface area contributed by atoms with Crippen LogP contribution in [-0.4, -0.2) is 49.2 Å². The molecule has 0 amide bonds. The van der Waals surface area contributed by atoms with Crippen LogP contribution in [0.5, 0.6) is 5.75 Å². The van der Waals surface area contributed by atoms with E-state index in [1.807, 2.05) is 54.6 Å². The third-order valence-corrected chi connectivity index (χ3v) is 6.18. The average molecular weight is 463 g/mol. The molecule has 0 bridgehead atoms. The lowest BCUT2D eigenvalue weighted by molar-refractivity contribution is -0.150. The van der Waals surface area contributed by atoms with Crippen molar-refractivity contribution in [2.24, 2.45) is 5.92 Å². The normalized spacial score (nSPS) is 17.6. The molecule has 1 unspecified atom stereocenters. The van der Waals surface area contributed by atoms with E-state index < -0.39 is 30.8 Å². The van der Waals surface area contributed by atoms with Gasteiger partial charge in [-0.25, -0.2) is 18.7 Å². The summed E-state index contributed by atoms with van der Waals surface area (Å²) in [6.07, 6.45) is 1.07. The molecule has 5 rings (SSSR count). The summed E-state index contributed by atoms with van der Waals surface area (Å²) < 4.78 is 39.0. The Morgan fingerprint density at radius 2 is 1.91 bits per heavy atom. The predicted octanol–water partition coefficient (Wildman–Crippen LogP) is 5.09. The zero-order valence-corrected chi connectivity index (χ0v) is 18.8. The number of nitrogens with zero attached hydrogens (tertiary/aromatic N) is 3. The van der Waals surface area contributed by atoms with Crippen LogP contribution in [0, 0.1) is 5.92 Å². The largest absolute Gasteiger partial charge is 0.497 e. The fraction of sp³-hybridized carbons (Fsp3) is 0.269. The van der Waals surface area contributed by atoms with Crippen molar-refractivity contribution in [1.29, 1.82) is 0 Å². The number of benzene rings is 3. The molecule has 4 aromatic rings. The first kappa shape index (κ1) is 22.0. The first-order chi connectivity index (χ1) is 16.4. The van der Waals surface area contributed by atoms with Crippen molar-refractivity contribution in [2.45, 2.75) is 12.3 Å². The lowest BCUT2D eigenvalue weighted by Crippen LogP contribution is -2.50. The zero-order valence-electron chi connectivity index (χ0n) is 18.8. The lowest BCUT2D eigenvalue weighted by Gasteiger charge is -2.36. The number of fused-ring (bicyclic) bond motifs is 2. The number of hydrogen-bond donors (Lipinski definition) is 0. The first-order valence-electron chi connectivity index (χ1n) is 10.9. The van der Waals surface area contributed by atoms with Gasteiger partial charge in [0.05, 0.1) is 32.2 Å². The number of alkyl halides is 2. The molecular formula is C26H23F2N3O3. The summed E-state index contributed by atoms with van der Waals surface area (Å²) in [5, 5.41) is 2.89. The minimum absolute atomic E-state index is 0.0774. The Hall–Kier alpha value is -3.81. The number of anilines is 1. The number of halogens is 2. The van der Waals surface area contributed by atoms with Gasteiger partial charge in [-0.15, -0.1) is 0 Å². The van der Waals surface area contributed by atoms with Gasteiger partial charge in [-0.2, -0.15) is 0 Å². The number of esters is 1. The van der Waals surface area contributed by atoms with E-state index in [9.17, 15) is 13.6 Å². The number of carbonyl (C=O) groups excluding carboxylic acids is 1. The summed E-state index contributed by atoms with van der Waals surface area (Å²) in [5.41, 5.74) is 2.52. The lowest BCUT2D eigenvalue weighted by atomic mass is 9.95. The molecule has 1 saturated heterocycles. The first-order valence-corrected chi connectivity index (χ1v) is 10.9. The highest BCUT2D eigenvalue weighted by Gasteiger charge is 2.44. The second-order valence-corrected chi connectivity index (χ2v) is 8.50. The van der Waals surface area contributed by atoms with Crippen LogP contribution in [0.1, 0.15) is 6.42 Å². The van der Waals surface area contributed by atoms with E-state index in [4.69, 9.17) is 9.47 Å². The molecule has 0 radical (unpaired) electrons. The zero-order chi connectivity index (χ0) is 23.9. The predicted molar refractivity (Wildman–Crippen MR) is 126 cm³/mol. The van der Waals surface area contributed by atoms with Gasteiger partial charge in [-0.1, -0.05) is 36.4 Å². The molecule has 0 aliphatic carbocycles. The van der Waals surface area contributed by atoms with E-state index in [1.165, 1.54) is 12.0 Å². The summed E-state index contributed by atoms with van der Waals surface area (Å²) in [6, 6.07) is 17.8. The average Bonchev–Trinajstić information content (AvgIpc) is 2.85. The van der Waals surface area contributed by atoms with Crippen LogP contribution in [0.2, 0.25) is 0 Å². The van der Waals surface area contributed by atoms with Crippen molar-refractivity contribution < 1.29 is 23.0 Å². The Bertz CT molecular complexity index is 1390. The molecule has 0 spiro atoms. The molecule has 34 heavy (non-hydrogen) atoms. The van der Waals surface area contributed by atoms with Crippen molar-refractivity contribution in [1.82, 2.24) is 9.97 Å². The Kier molecular flexibility index (Phi) is 5.51. The molecule has 8 heteroatoms. The molecule has 0 saturated carbocycles. The van der Waals surface area contributed by atoms with Crippen molar-refractivity contribution in [2.75, 3.05) is 32.2 Å². The third-order valence-electron chi connectivity index (χ3n) is 6.18. The monoisotopic (exact) mass is 463 g/mol. The SMILES string of the molecule is COC(=O)C1CN(c2ncc3ccc(-c4cc(OC)cc5ccccc45)cc3n2)CC(F)(F)C1. The smallest absolute Gasteiger partial charge is 0.310 e. The molecule has 0 N–H and O–H groups in total. The van der Waals surface area contributed by atoms with E-state index >= 15 is 0 Å². The molecular weight excluding hydrogens is 440 g/mol. The number of piperidine rings is 1. The second kappa shape index (κ2) is 8.52. The quantitative estimate of drug-likeness (QED) is 0.393. The second-order valence-electron chi connectivity index (χ2n) is 8.50. The van der Waals surface area contributed by atoms with Gasteiger partial charge in [0.25, 0.3) is 5.92 Å². The molecule has 3 aromatic carbocycles.